The van der Waals surface area contributed by atoms with Gasteiger partial charge in [0.1, 0.15) is 46.8 Å². The molecule has 3 aliphatic rings. The molecule has 0 spiro atoms. The van der Waals surface area contributed by atoms with E-state index in [0.717, 1.165) is 12.8 Å². The van der Waals surface area contributed by atoms with E-state index in [0.29, 0.717) is 51.8 Å². The number of alkyl carbamates (subject to hydrolysis) is 1. The lowest BCUT2D eigenvalue weighted by Gasteiger charge is -2.36. The zero-order valence-corrected chi connectivity index (χ0v) is 44.5. The SMILES string of the molecule is C=C[C@@H]1C[C@]1(NC(=O)[C@@H]1C[C@@H](Oc2cc(-c3csc(NC(C)C)n3)nc3cc(OC)ccc23)CN1C(=O)[C@@H](NC(=O)OC1CCCC1)C(C)(C)C)P(=O)(OCOC(=O)c1ccccc1)OCOC(=O)c1ccccc1. The van der Waals surface area contributed by atoms with Crippen LogP contribution in [0.25, 0.3) is 22.3 Å². The molecule has 2 aromatic heterocycles. The number of nitrogens with zero attached hydrogens (tertiary/aromatic N) is 3. The first-order valence-corrected chi connectivity index (χ1v) is 27.3. The number of amides is 3. The van der Waals surface area contributed by atoms with Gasteiger partial charge < -0.3 is 44.5 Å². The van der Waals surface area contributed by atoms with Gasteiger partial charge in [-0.25, -0.2) is 24.4 Å². The van der Waals surface area contributed by atoms with Crippen LogP contribution in [0.4, 0.5) is 9.93 Å². The number of hydrogen-bond donors (Lipinski definition) is 3. The third kappa shape index (κ3) is 12.8. The van der Waals surface area contributed by atoms with Gasteiger partial charge in [0.05, 0.1) is 36.0 Å². The van der Waals surface area contributed by atoms with Crippen molar-refractivity contribution in [3.05, 3.63) is 114 Å². The molecule has 0 bridgehead atoms. The van der Waals surface area contributed by atoms with Gasteiger partial charge in [0, 0.05) is 41.3 Å². The smallest absolute Gasteiger partial charge is 0.408 e. The van der Waals surface area contributed by atoms with Gasteiger partial charge in [-0.2, -0.15) is 0 Å². The highest BCUT2D eigenvalue weighted by atomic mass is 32.1. The van der Waals surface area contributed by atoms with E-state index in [4.69, 9.17) is 42.7 Å². The molecule has 1 aliphatic heterocycles. The number of carbonyl (C=O) groups excluding carboxylic acids is 5. The predicted octanol–water partition coefficient (Wildman–Crippen LogP) is 9.49. The number of carbonyl (C=O) groups is 5. The van der Waals surface area contributed by atoms with Gasteiger partial charge in [0.2, 0.25) is 25.4 Å². The molecule has 3 heterocycles. The van der Waals surface area contributed by atoms with Crippen LogP contribution in [0.1, 0.15) is 93.9 Å². The van der Waals surface area contributed by atoms with Gasteiger partial charge in [0.15, 0.2) is 5.13 Å². The summed E-state index contributed by atoms with van der Waals surface area (Å²) in [6.45, 7) is 11.4. The number of rotatable bonds is 21. The van der Waals surface area contributed by atoms with Crippen molar-refractivity contribution in [2.45, 2.75) is 109 Å². The normalized spacial score (nSPS) is 20.0. The van der Waals surface area contributed by atoms with Crippen molar-refractivity contribution in [3.8, 4) is 22.9 Å². The number of ether oxygens (including phenoxy) is 5. The molecule has 21 heteroatoms. The largest absolute Gasteiger partial charge is 0.497 e. The Morgan fingerprint density at radius 2 is 1.52 bits per heavy atom. The van der Waals surface area contributed by atoms with E-state index < -0.39 is 85.8 Å². The number of esters is 2. The number of aromatic nitrogens is 2. The highest BCUT2D eigenvalue weighted by Crippen LogP contribution is 2.73. The fraction of sp³-hybridized carbons (Fsp3) is 0.426. The van der Waals surface area contributed by atoms with Gasteiger partial charge in [-0.15, -0.1) is 17.9 Å². The summed E-state index contributed by atoms with van der Waals surface area (Å²) in [7, 11) is -3.18. The highest BCUT2D eigenvalue weighted by Gasteiger charge is 2.69. The zero-order chi connectivity index (χ0) is 53.5. The summed E-state index contributed by atoms with van der Waals surface area (Å²) in [5, 5.41) is 10.4. The molecule has 398 valence electrons. The molecule has 3 aromatic carbocycles. The van der Waals surface area contributed by atoms with Crippen molar-refractivity contribution in [1.29, 1.82) is 0 Å². The molecule has 1 saturated heterocycles. The fourth-order valence-electron chi connectivity index (χ4n) is 9.17. The van der Waals surface area contributed by atoms with E-state index in [1.165, 1.54) is 46.6 Å². The average Bonchev–Trinajstić information content (AvgIpc) is 3.79. The number of methoxy groups -OCH3 is 1. The Bertz CT molecular complexity index is 2870. The standard InChI is InChI=1S/C54H63N6O13PS/c1-8-36-28-54(36,74(66,70-31-68-49(63)34-17-11-9-12-18-34)71-32-69-50(64)35-19-13-10-14-20-35)59-47(61)44-26-39(29-60(44)48(62)46(53(4,5)6)58-52(65)73-37-21-15-16-22-37)72-45-27-42(43-30-75-51(57-43)55-33(2)3)56-41-25-38(67-7)23-24-40(41)45/h8-14,17-20,23-25,27,30,33,36-37,39,44,46H,1,15-16,21-22,26,28-29,31-32H2,2-7H3,(H,55,57)(H,58,65)(H,59,61)/t36-,39-,44+,46-,54+/m1/s1. The Balaban J connectivity index is 1.12. The van der Waals surface area contributed by atoms with Crippen LogP contribution in [0.2, 0.25) is 0 Å². The summed E-state index contributed by atoms with van der Waals surface area (Å²) in [5.74, 6) is -2.75. The molecule has 5 aromatic rings. The van der Waals surface area contributed by atoms with Crippen LogP contribution in [0.5, 0.6) is 11.5 Å². The molecule has 0 unspecified atom stereocenters. The lowest BCUT2D eigenvalue weighted by molar-refractivity contribution is -0.142. The number of benzene rings is 3. The third-order valence-electron chi connectivity index (χ3n) is 13.2. The fourth-order valence-corrected chi connectivity index (χ4v) is 12.1. The lowest BCUT2D eigenvalue weighted by Crippen LogP contribution is -2.58. The van der Waals surface area contributed by atoms with E-state index in [1.54, 1.807) is 82.5 Å². The number of thiazole rings is 1. The lowest BCUT2D eigenvalue weighted by atomic mass is 9.85. The van der Waals surface area contributed by atoms with Crippen molar-refractivity contribution in [3.63, 3.8) is 0 Å². The number of nitrogens with one attached hydrogen (secondary N) is 3. The second-order valence-corrected chi connectivity index (χ2v) is 23.2. The van der Waals surface area contributed by atoms with Gasteiger partial charge in [-0.1, -0.05) is 63.2 Å². The molecule has 19 nitrogen and oxygen atoms in total. The van der Waals surface area contributed by atoms with E-state index in [1.807, 2.05) is 25.3 Å². The van der Waals surface area contributed by atoms with Crippen molar-refractivity contribution in [2.24, 2.45) is 11.3 Å². The van der Waals surface area contributed by atoms with Gasteiger partial charge in [-0.05, 0) is 87.8 Å². The molecule has 5 atom stereocenters. The predicted molar refractivity (Wildman–Crippen MR) is 280 cm³/mol. The van der Waals surface area contributed by atoms with E-state index >= 15 is 14.2 Å². The van der Waals surface area contributed by atoms with Crippen LogP contribution in [-0.4, -0.2) is 108 Å². The van der Waals surface area contributed by atoms with Gasteiger partial charge in [-0.3, -0.25) is 23.2 Å². The second kappa shape index (κ2) is 23.4. The Hall–Kier alpha value is -6.86. The highest BCUT2D eigenvalue weighted by molar-refractivity contribution is 7.56. The third-order valence-corrected chi connectivity index (χ3v) is 16.5. The summed E-state index contributed by atoms with van der Waals surface area (Å²) >= 11 is 1.43. The van der Waals surface area contributed by atoms with E-state index in [2.05, 4.69) is 22.5 Å². The first kappa shape index (κ1) is 54.4. The maximum Gasteiger partial charge on any atom is 0.408 e. The molecule has 3 N–H and O–H groups in total. The minimum atomic E-state index is -4.73. The van der Waals surface area contributed by atoms with Crippen LogP contribution in [0.15, 0.2) is 103 Å². The van der Waals surface area contributed by atoms with Crippen LogP contribution in [-0.2, 0) is 37.4 Å². The van der Waals surface area contributed by atoms with Crippen molar-refractivity contribution >= 4 is 64.8 Å². The minimum absolute atomic E-state index is 0.0289. The molecule has 75 heavy (non-hydrogen) atoms. The molecular formula is C54H63N6O13PS. The van der Waals surface area contributed by atoms with Crippen LogP contribution in [0.3, 0.4) is 0 Å². The molecular weight excluding hydrogens is 1000 g/mol. The van der Waals surface area contributed by atoms with E-state index in [9.17, 15) is 14.4 Å². The molecule has 2 aliphatic carbocycles. The molecule has 3 amide bonds. The molecule has 3 fully saturated rings. The molecule has 2 saturated carbocycles. The van der Waals surface area contributed by atoms with Gasteiger partial charge >= 0.3 is 25.6 Å². The van der Waals surface area contributed by atoms with Gasteiger partial charge in [0.25, 0.3) is 0 Å². The number of hydrogen-bond acceptors (Lipinski definition) is 17. The van der Waals surface area contributed by atoms with Crippen LogP contribution in [0, 0.1) is 11.3 Å². The van der Waals surface area contributed by atoms with Crippen molar-refractivity contribution < 1.29 is 61.3 Å². The summed E-state index contributed by atoms with van der Waals surface area (Å²) in [6.07, 6.45) is 2.72. The number of anilines is 1. The van der Waals surface area contributed by atoms with Crippen LogP contribution >= 0.6 is 18.9 Å². The maximum absolute atomic E-state index is 15.4. The minimum Gasteiger partial charge on any atom is -0.497 e. The first-order chi connectivity index (χ1) is 35.9. The Morgan fingerprint density at radius 3 is 2.09 bits per heavy atom. The maximum atomic E-state index is 15.4. The van der Waals surface area contributed by atoms with E-state index in [-0.39, 0.29) is 42.7 Å². The summed E-state index contributed by atoms with van der Waals surface area (Å²) in [4.78, 5) is 81.0. The Kier molecular flexibility index (Phi) is 16.9. The Morgan fingerprint density at radius 1 is 0.880 bits per heavy atom. The zero-order valence-electron chi connectivity index (χ0n) is 42.8. The summed E-state index contributed by atoms with van der Waals surface area (Å²) < 4.78 is 56.0. The van der Waals surface area contributed by atoms with Crippen LogP contribution < -0.4 is 25.4 Å². The monoisotopic (exact) mass is 1070 g/mol. The topological polar surface area (TPSA) is 232 Å². The summed E-state index contributed by atoms with van der Waals surface area (Å²) in [6, 6.07) is 20.9. The molecule has 0 radical (unpaired) electrons. The van der Waals surface area contributed by atoms with Crippen molar-refractivity contribution in [1.82, 2.24) is 25.5 Å². The number of fused-ring (bicyclic) bond motifs is 1. The second-order valence-electron chi connectivity index (χ2n) is 20.0. The number of pyridine rings is 1. The first-order valence-electron chi connectivity index (χ1n) is 24.8. The molecule has 8 rings (SSSR count). The van der Waals surface area contributed by atoms with Crippen molar-refractivity contribution in [2.75, 3.05) is 32.6 Å². The Labute approximate surface area is 439 Å². The summed E-state index contributed by atoms with van der Waals surface area (Å²) in [5.41, 5.74) is 1.12. The quantitative estimate of drug-likeness (QED) is 0.0204. The number of likely N-dealkylation sites (tertiary alicyclic amines) is 1. The average molecular weight is 1070 g/mol.